The van der Waals surface area contributed by atoms with Crippen LogP contribution in [0.15, 0.2) is 36.4 Å². The molecule has 1 amide bonds. The molecule has 0 bridgehead atoms. The Hall–Kier alpha value is -3.42. The summed E-state index contributed by atoms with van der Waals surface area (Å²) in [4.78, 5) is 15.4. The van der Waals surface area contributed by atoms with E-state index in [1.54, 1.807) is 24.3 Å². The van der Waals surface area contributed by atoms with Crippen LogP contribution in [0.1, 0.15) is 24.0 Å². The number of aromatic nitrogens is 1. The zero-order chi connectivity index (χ0) is 23.5. The van der Waals surface area contributed by atoms with Gasteiger partial charge in [0.05, 0.1) is 12.7 Å². The van der Waals surface area contributed by atoms with Gasteiger partial charge in [0.25, 0.3) is 0 Å². The molecule has 0 saturated heterocycles. The van der Waals surface area contributed by atoms with Crippen LogP contribution in [0.3, 0.4) is 0 Å². The number of aromatic amines is 1. The van der Waals surface area contributed by atoms with Gasteiger partial charge in [-0.05, 0) is 54.3 Å². The predicted molar refractivity (Wildman–Crippen MR) is 119 cm³/mol. The lowest BCUT2D eigenvalue weighted by atomic mass is 9.99. The highest BCUT2D eigenvalue weighted by Gasteiger charge is 2.19. The van der Waals surface area contributed by atoms with E-state index in [0.717, 1.165) is 32.0 Å². The minimum atomic E-state index is -3.85. The lowest BCUT2D eigenvalue weighted by molar-refractivity contribution is -0.119. The number of amides is 1. The molecule has 10 heteroatoms. The molecule has 168 valence electrons. The summed E-state index contributed by atoms with van der Waals surface area (Å²) >= 11 is 0. The molecule has 0 spiro atoms. The Morgan fingerprint density at radius 2 is 1.94 bits per heavy atom. The molecule has 0 fully saturated rings. The first-order valence-electron chi connectivity index (χ1n) is 9.78. The number of carbonyl (C=O) groups excluding carboxylic acids is 1. The average molecular weight is 459 g/mol. The number of H-pyrrole nitrogens is 1. The van der Waals surface area contributed by atoms with Crippen molar-refractivity contribution >= 4 is 27.0 Å². The summed E-state index contributed by atoms with van der Waals surface area (Å²) in [6, 6.07) is 11.5. The number of fused-ring (bicyclic) bond motifs is 1. The van der Waals surface area contributed by atoms with Gasteiger partial charge in [-0.3, -0.25) is 4.79 Å². The van der Waals surface area contributed by atoms with Gasteiger partial charge in [0.2, 0.25) is 5.91 Å². The van der Waals surface area contributed by atoms with E-state index < -0.39 is 16.1 Å². The first-order valence-corrected chi connectivity index (χ1v) is 11.2. The third-order valence-electron chi connectivity index (χ3n) is 5.03. The van der Waals surface area contributed by atoms with Gasteiger partial charge in [-0.15, -0.1) is 0 Å². The smallest absolute Gasteiger partial charge is 0.303 e. The second kappa shape index (κ2) is 9.38. The van der Waals surface area contributed by atoms with Gasteiger partial charge < -0.3 is 9.72 Å². The molecule has 0 aliphatic heterocycles. The van der Waals surface area contributed by atoms with Crippen molar-refractivity contribution in [2.45, 2.75) is 19.3 Å². The van der Waals surface area contributed by atoms with Crippen molar-refractivity contribution < 1.29 is 22.3 Å². The van der Waals surface area contributed by atoms with Gasteiger partial charge in [0.15, 0.2) is 0 Å². The minimum Gasteiger partial charge on any atom is -0.495 e. The van der Waals surface area contributed by atoms with E-state index in [4.69, 9.17) is 4.74 Å². The van der Waals surface area contributed by atoms with Crippen molar-refractivity contribution in [1.29, 1.82) is 5.26 Å². The van der Waals surface area contributed by atoms with Crippen LogP contribution in [-0.4, -0.2) is 44.8 Å². The lowest BCUT2D eigenvalue weighted by Gasteiger charge is -2.12. The molecule has 1 heterocycles. The number of carbonyl (C=O) groups is 1. The molecule has 3 aromatic rings. The Morgan fingerprint density at radius 1 is 1.25 bits per heavy atom. The molecule has 2 N–H and O–H groups in total. The number of hydrogen-bond acceptors (Lipinski definition) is 5. The van der Waals surface area contributed by atoms with Crippen LogP contribution in [-0.2, 0) is 21.4 Å². The van der Waals surface area contributed by atoms with Gasteiger partial charge >= 0.3 is 10.2 Å². The molecular formula is C22H23FN4O4S. The molecule has 3 rings (SSSR count). The summed E-state index contributed by atoms with van der Waals surface area (Å²) in [5.74, 6) is -0.549. The van der Waals surface area contributed by atoms with Crippen LogP contribution in [0, 0.1) is 17.1 Å². The van der Waals surface area contributed by atoms with E-state index in [-0.39, 0.29) is 12.2 Å². The van der Waals surface area contributed by atoms with Crippen molar-refractivity contribution in [2.24, 2.45) is 0 Å². The van der Waals surface area contributed by atoms with Crippen LogP contribution >= 0.6 is 0 Å². The Kier molecular flexibility index (Phi) is 6.81. The van der Waals surface area contributed by atoms with E-state index in [9.17, 15) is 22.9 Å². The molecule has 0 radical (unpaired) electrons. The number of nitrogens with one attached hydrogen (secondary N) is 2. The van der Waals surface area contributed by atoms with Crippen molar-refractivity contribution in [2.75, 3.05) is 21.2 Å². The number of methoxy groups -OCH3 is 1. The number of benzene rings is 2. The third kappa shape index (κ3) is 4.90. The van der Waals surface area contributed by atoms with E-state index >= 15 is 0 Å². The summed E-state index contributed by atoms with van der Waals surface area (Å²) in [5.41, 5.74) is 3.41. The Bertz CT molecular complexity index is 1290. The molecule has 0 aliphatic rings. The maximum atomic E-state index is 13.4. The highest BCUT2D eigenvalue weighted by molar-refractivity contribution is 7.87. The maximum Gasteiger partial charge on any atom is 0.303 e. The second-order valence-electron chi connectivity index (χ2n) is 7.36. The van der Waals surface area contributed by atoms with E-state index in [2.05, 4.69) is 11.1 Å². The third-order valence-corrected chi connectivity index (χ3v) is 6.48. The number of ether oxygens (including phenoxy) is 1. The molecule has 8 nitrogen and oxygen atoms in total. The molecule has 0 aliphatic carbocycles. The summed E-state index contributed by atoms with van der Waals surface area (Å²) in [7, 11) is 0.295. The number of nitriles is 1. The quantitative estimate of drug-likeness (QED) is 0.538. The molecule has 1 aromatic heterocycles. The summed E-state index contributed by atoms with van der Waals surface area (Å²) in [5, 5.41) is 10.2. The molecule has 0 saturated carbocycles. The SMILES string of the molecule is COc1cc2[nH]c(-c3ccc(F)cc3)c(CCCC(=O)NS(=O)(=O)N(C)C)c2cc1C#N. The summed E-state index contributed by atoms with van der Waals surface area (Å²) < 4.78 is 45.3. The van der Waals surface area contributed by atoms with Gasteiger partial charge in [-0.1, -0.05) is 0 Å². The summed E-state index contributed by atoms with van der Waals surface area (Å²) in [6.45, 7) is 0. The van der Waals surface area contributed by atoms with E-state index in [1.165, 1.54) is 33.3 Å². The van der Waals surface area contributed by atoms with Crippen molar-refractivity contribution in [1.82, 2.24) is 14.0 Å². The zero-order valence-corrected chi connectivity index (χ0v) is 18.7. The van der Waals surface area contributed by atoms with Gasteiger partial charge in [0, 0.05) is 43.2 Å². The zero-order valence-electron chi connectivity index (χ0n) is 17.9. The fourth-order valence-electron chi connectivity index (χ4n) is 3.37. The largest absolute Gasteiger partial charge is 0.495 e. The van der Waals surface area contributed by atoms with Crippen molar-refractivity contribution in [3.63, 3.8) is 0 Å². The van der Waals surface area contributed by atoms with E-state index in [0.29, 0.717) is 24.2 Å². The topological polar surface area (TPSA) is 115 Å². The Balaban J connectivity index is 1.94. The second-order valence-corrected chi connectivity index (χ2v) is 9.25. The standard InChI is InChI=1S/C22H23FN4O4S/c1-27(2)32(29,30)26-21(28)6-4-5-17-18-11-15(13-24)20(31-3)12-19(18)25-22(17)14-7-9-16(23)10-8-14/h7-12,25H,4-6H2,1-3H3,(H,26,28). The minimum absolute atomic E-state index is 0.0101. The van der Waals surface area contributed by atoms with Crippen molar-refractivity contribution in [3.8, 4) is 23.1 Å². The summed E-state index contributed by atoms with van der Waals surface area (Å²) in [6.07, 6.45) is 0.785. The van der Waals surface area contributed by atoms with Crippen LogP contribution in [0.4, 0.5) is 4.39 Å². The number of nitrogens with zero attached hydrogens (tertiary/aromatic N) is 2. The van der Waals surface area contributed by atoms with Crippen LogP contribution < -0.4 is 9.46 Å². The maximum absolute atomic E-state index is 13.4. The van der Waals surface area contributed by atoms with Crippen molar-refractivity contribution in [3.05, 3.63) is 53.3 Å². The first-order chi connectivity index (χ1) is 15.2. The van der Waals surface area contributed by atoms with Gasteiger partial charge in [0.1, 0.15) is 17.6 Å². The fourth-order valence-corrected chi connectivity index (χ4v) is 3.94. The predicted octanol–water partition coefficient (Wildman–Crippen LogP) is 3.10. The van der Waals surface area contributed by atoms with E-state index in [1.807, 2.05) is 4.72 Å². The molecule has 0 unspecified atom stereocenters. The highest BCUT2D eigenvalue weighted by atomic mass is 32.2. The number of aryl methyl sites for hydroxylation is 1. The molecule has 0 atom stereocenters. The van der Waals surface area contributed by atoms with Gasteiger partial charge in [-0.25, -0.2) is 9.11 Å². The lowest BCUT2D eigenvalue weighted by Crippen LogP contribution is -2.39. The monoisotopic (exact) mass is 458 g/mol. The molecule has 2 aromatic carbocycles. The molecular weight excluding hydrogens is 435 g/mol. The number of rotatable bonds is 8. The normalized spacial score (nSPS) is 11.5. The fraction of sp³-hybridized carbons (Fsp3) is 0.273. The van der Waals surface area contributed by atoms with Crippen LogP contribution in [0.2, 0.25) is 0 Å². The first kappa shape index (κ1) is 23.2. The highest BCUT2D eigenvalue weighted by Crippen LogP contribution is 2.35. The van der Waals surface area contributed by atoms with Crippen LogP contribution in [0.5, 0.6) is 5.75 Å². The Morgan fingerprint density at radius 3 is 2.53 bits per heavy atom. The van der Waals surface area contributed by atoms with Crippen LogP contribution in [0.25, 0.3) is 22.2 Å². The van der Waals surface area contributed by atoms with Gasteiger partial charge in [-0.2, -0.15) is 18.0 Å². The number of halogens is 1. The average Bonchev–Trinajstić information content (AvgIpc) is 3.10. The molecule has 32 heavy (non-hydrogen) atoms. The number of hydrogen-bond donors (Lipinski definition) is 2. The Labute approximate surface area is 185 Å².